The maximum atomic E-state index is 12.9. The molecule has 3 rings (SSSR count). The van der Waals surface area contributed by atoms with Gasteiger partial charge in [-0.15, -0.1) is 0 Å². The van der Waals surface area contributed by atoms with Crippen LogP contribution in [0.2, 0.25) is 0 Å². The van der Waals surface area contributed by atoms with Crippen LogP contribution in [0.15, 0.2) is 54.6 Å². The minimum Gasteiger partial charge on any atom is -0.493 e. The van der Waals surface area contributed by atoms with Crippen LogP contribution in [-0.2, 0) is 4.79 Å². The molecule has 1 unspecified atom stereocenters. The molecule has 1 saturated heterocycles. The van der Waals surface area contributed by atoms with Crippen molar-refractivity contribution < 1.29 is 14.3 Å². The Kier molecular flexibility index (Phi) is 5.79. The third-order valence-electron chi connectivity index (χ3n) is 5.08. The molecule has 5 heteroatoms. The number of rotatable bonds is 6. The number of hydrogen-bond acceptors (Lipinski definition) is 3. The number of hydrogen-bond donors (Lipinski definition) is 1. The Morgan fingerprint density at radius 3 is 2.48 bits per heavy atom. The lowest BCUT2D eigenvalue weighted by atomic mass is 9.77. The van der Waals surface area contributed by atoms with Gasteiger partial charge in [-0.2, -0.15) is 0 Å². The summed E-state index contributed by atoms with van der Waals surface area (Å²) in [5.41, 5.74) is 6.85. The second-order valence-electron chi connectivity index (χ2n) is 7.44. The minimum atomic E-state index is -0.458. The molecule has 2 aromatic rings. The molecule has 27 heavy (non-hydrogen) atoms. The summed E-state index contributed by atoms with van der Waals surface area (Å²) >= 11 is 0. The Morgan fingerprint density at radius 2 is 1.81 bits per heavy atom. The van der Waals surface area contributed by atoms with Crippen LogP contribution >= 0.6 is 0 Å². The Labute approximate surface area is 160 Å². The van der Waals surface area contributed by atoms with E-state index < -0.39 is 5.41 Å². The molecular weight excluding hydrogens is 340 g/mol. The third-order valence-corrected chi connectivity index (χ3v) is 5.08. The predicted molar refractivity (Wildman–Crippen MR) is 104 cm³/mol. The number of benzene rings is 2. The number of ether oxygens (including phenoxy) is 1. The quantitative estimate of drug-likeness (QED) is 0.853. The average Bonchev–Trinajstić information content (AvgIpc) is 2.67. The molecule has 0 aromatic heterocycles. The molecule has 1 fully saturated rings. The molecule has 0 saturated carbocycles. The predicted octanol–water partition coefficient (Wildman–Crippen LogP) is 3.17. The van der Waals surface area contributed by atoms with E-state index >= 15 is 0 Å². The van der Waals surface area contributed by atoms with E-state index in [1.54, 1.807) is 0 Å². The molecule has 1 heterocycles. The molecule has 2 N–H and O–H groups in total. The van der Waals surface area contributed by atoms with E-state index in [-0.39, 0.29) is 18.2 Å². The van der Waals surface area contributed by atoms with Gasteiger partial charge in [0.15, 0.2) is 0 Å². The number of para-hydroxylation sites is 1. The lowest BCUT2D eigenvalue weighted by Gasteiger charge is -2.42. The van der Waals surface area contributed by atoms with Crippen LogP contribution in [0.25, 0.3) is 0 Å². The molecule has 0 aliphatic carbocycles. The SMILES string of the molecule is Cc1ccc(C(=O)N2CCCC(COc3ccccc3)(CC(N)=O)C2)cc1. The topological polar surface area (TPSA) is 72.6 Å². The Hall–Kier alpha value is -2.82. The van der Waals surface area contributed by atoms with Crippen molar-refractivity contribution in [3.05, 3.63) is 65.7 Å². The highest BCUT2D eigenvalue weighted by Gasteiger charge is 2.39. The highest BCUT2D eigenvalue weighted by atomic mass is 16.5. The van der Waals surface area contributed by atoms with Gasteiger partial charge >= 0.3 is 0 Å². The third kappa shape index (κ3) is 4.88. The number of carbonyl (C=O) groups excluding carboxylic acids is 2. The van der Waals surface area contributed by atoms with Gasteiger partial charge in [0.25, 0.3) is 5.91 Å². The number of nitrogens with zero attached hydrogens (tertiary/aromatic N) is 1. The Morgan fingerprint density at radius 1 is 1.11 bits per heavy atom. The van der Waals surface area contributed by atoms with E-state index in [0.717, 1.165) is 24.2 Å². The van der Waals surface area contributed by atoms with Gasteiger partial charge in [-0.25, -0.2) is 0 Å². The fourth-order valence-electron chi connectivity index (χ4n) is 3.70. The molecule has 1 atom stereocenters. The molecule has 142 valence electrons. The number of aryl methyl sites for hydroxylation is 1. The molecule has 2 amide bonds. The van der Waals surface area contributed by atoms with Gasteiger partial charge in [0, 0.05) is 30.5 Å². The zero-order valence-corrected chi connectivity index (χ0v) is 15.7. The average molecular weight is 366 g/mol. The number of piperidine rings is 1. The molecule has 1 aliphatic heterocycles. The van der Waals surface area contributed by atoms with E-state index in [2.05, 4.69) is 0 Å². The van der Waals surface area contributed by atoms with Crippen LogP contribution in [0, 0.1) is 12.3 Å². The van der Waals surface area contributed by atoms with Crippen LogP contribution in [0.1, 0.15) is 35.2 Å². The number of amides is 2. The van der Waals surface area contributed by atoms with Crippen LogP contribution in [0.3, 0.4) is 0 Å². The molecule has 0 bridgehead atoms. The van der Waals surface area contributed by atoms with Crippen molar-refractivity contribution >= 4 is 11.8 Å². The van der Waals surface area contributed by atoms with Gasteiger partial charge < -0.3 is 15.4 Å². The van der Waals surface area contributed by atoms with E-state index in [1.165, 1.54) is 0 Å². The summed E-state index contributed by atoms with van der Waals surface area (Å²) in [6.07, 6.45) is 1.83. The summed E-state index contributed by atoms with van der Waals surface area (Å²) in [6.45, 7) is 3.50. The van der Waals surface area contributed by atoms with Gasteiger partial charge in [-0.1, -0.05) is 35.9 Å². The van der Waals surface area contributed by atoms with Gasteiger partial charge in [0.2, 0.25) is 5.91 Å². The molecule has 5 nitrogen and oxygen atoms in total. The molecule has 1 aliphatic rings. The van der Waals surface area contributed by atoms with E-state index in [0.29, 0.717) is 25.3 Å². The standard InChI is InChI=1S/C22H26N2O3/c1-17-8-10-18(11-9-17)21(26)24-13-5-12-22(15-24,14-20(23)25)16-27-19-6-3-2-4-7-19/h2-4,6-11H,5,12-16H2,1H3,(H2,23,25). The molecule has 0 radical (unpaired) electrons. The van der Waals surface area contributed by atoms with Crippen molar-refractivity contribution in [2.45, 2.75) is 26.2 Å². The summed E-state index contributed by atoms with van der Waals surface area (Å²) in [5.74, 6) is 0.378. The van der Waals surface area contributed by atoms with Crippen molar-refractivity contribution in [1.82, 2.24) is 4.90 Å². The van der Waals surface area contributed by atoms with Crippen molar-refractivity contribution in [2.24, 2.45) is 11.1 Å². The smallest absolute Gasteiger partial charge is 0.253 e. The Bertz CT molecular complexity index is 789. The summed E-state index contributed by atoms with van der Waals surface area (Å²) in [7, 11) is 0. The first-order valence-corrected chi connectivity index (χ1v) is 9.30. The van der Waals surface area contributed by atoms with Gasteiger partial charge in [-0.05, 0) is 44.0 Å². The fourth-order valence-corrected chi connectivity index (χ4v) is 3.70. The molecular formula is C22H26N2O3. The van der Waals surface area contributed by atoms with Crippen LogP contribution in [0.4, 0.5) is 0 Å². The van der Waals surface area contributed by atoms with Crippen molar-refractivity contribution in [2.75, 3.05) is 19.7 Å². The lowest BCUT2D eigenvalue weighted by molar-refractivity contribution is -0.122. The fraction of sp³-hybridized carbons (Fsp3) is 0.364. The zero-order valence-electron chi connectivity index (χ0n) is 15.7. The van der Waals surface area contributed by atoms with E-state index in [9.17, 15) is 9.59 Å². The lowest BCUT2D eigenvalue weighted by Crippen LogP contribution is -2.50. The normalized spacial score (nSPS) is 19.5. The van der Waals surface area contributed by atoms with Crippen LogP contribution < -0.4 is 10.5 Å². The summed E-state index contributed by atoms with van der Waals surface area (Å²) < 4.78 is 5.95. The minimum absolute atomic E-state index is 0.0109. The summed E-state index contributed by atoms with van der Waals surface area (Å²) in [4.78, 5) is 26.5. The Balaban J connectivity index is 1.75. The first-order valence-electron chi connectivity index (χ1n) is 9.30. The monoisotopic (exact) mass is 366 g/mol. The van der Waals surface area contributed by atoms with Gasteiger partial charge in [0.05, 0.1) is 6.61 Å². The highest BCUT2D eigenvalue weighted by Crippen LogP contribution is 2.35. The summed E-state index contributed by atoms with van der Waals surface area (Å²) in [6, 6.07) is 17.1. The first-order chi connectivity index (χ1) is 13.0. The van der Waals surface area contributed by atoms with E-state index in [4.69, 9.17) is 10.5 Å². The second kappa shape index (κ2) is 8.25. The van der Waals surface area contributed by atoms with Gasteiger partial charge in [0.1, 0.15) is 5.75 Å². The van der Waals surface area contributed by atoms with Crippen molar-refractivity contribution in [3.63, 3.8) is 0 Å². The number of nitrogens with two attached hydrogens (primary N) is 1. The molecule has 0 spiro atoms. The molecule has 2 aromatic carbocycles. The maximum Gasteiger partial charge on any atom is 0.253 e. The zero-order chi connectivity index (χ0) is 19.3. The number of carbonyl (C=O) groups is 2. The highest BCUT2D eigenvalue weighted by molar-refractivity contribution is 5.94. The maximum absolute atomic E-state index is 12.9. The first kappa shape index (κ1) is 19.0. The largest absolute Gasteiger partial charge is 0.493 e. The van der Waals surface area contributed by atoms with E-state index in [1.807, 2.05) is 66.4 Å². The van der Waals surface area contributed by atoms with Crippen molar-refractivity contribution in [3.8, 4) is 5.75 Å². The van der Waals surface area contributed by atoms with Crippen LogP contribution in [-0.4, -0.2) is 36.4 Å². The second-order valence-corrected chi connectivity index (χ2v) is 7.44. The van der Waals surface area contributed by atoms with Gasteiger partial charge in [-0.3, -0.25) is 9.59 Å². The number of primary amides is 1. The number of likely N-dealkylation sites (tertiary alicyclic amines) is 1. The van der Waals surface area contributed by atoms with Crippen molar-refractivity contribution in [1.29, 1.82) is 0 Å². The summed E-state index contributed by atoms with van der Waals surface area (Å²) in [5, 5.41) is 0. The van der Waals surface area contributed by atoms with Crippen LogP contribution in [0.5, 0.6) is 5.75 Å².